The minimum absolute atomic E-state index is 0.00992. The van der Waals surface area contributed by atoms with Gasteiger partial charge >= 0.3 is 5.97 Å². The van der Waals surface area contributed by atoms with Gasteiger partial charge in [0.25, 0.3) is 0 Å². The Kier molecular flexibility index (Phi) is 5.15. The number of carboxylic acids is 1. The largest absolute Gasteiger partial charge is 0.480 e. The first-order chi connectivity index (χ1) is 14.3. The topological polar surface area (TPSA) is 84.7 Å². The van der Waals surface area contributed by atoms with Gasteiger partial charge in [-0.15, -0.1) is 0 Å². The number of hydrogen-bond acceptors (Lipinski definition) is 4. The lowest BCUT2D eigenvalue weighted by Gasteiger charge is -2.47. The van der Waals surface area contributed by atoms with Crippen molar-refractivity contribution in [3.05, 3.63) is 66.0 Å². The summed E-state index contributed by atoms with van der Waals surface area (Å²) in [5.74, 6) is -4.03. The standard InChI is InChI=1S/C23H24FN3O3/c1-15-13-23(10-11-26(15)14-16-6-3-2-4-7-16)20(25)19(22(29)30)21(28)27(23)18-9-5-8-17(24)12-18/h2-9,12,15,19,25H,10-11,13-14H2,1H3,(H,29,30)/t15-,19?,23+/m0/s1. The van der Waals surface area contributed by atoms with Crippen LogP contribution in [0.5, 0.6) is 0 Å². The Morgan fingerprint density at radius 2 is 1.97 bits per heavy atom. The predicted octanol–water partition coefficient (Wildman–Crippen LogP) is 3.32. The van der Waals surface area contributed by atoms with E-state index in [1.54, 1.807) is 6.07 Å². The molecule has 2 N–H and O–H groups in total. The summed E-state index contributed by atoms with van der Waals surface area (Å²) in [4.78, 5) is 28.5. The molecule has 2 aromatic rings. The predicted molar refractivity (Wildman–Crippen MR) is 111 cm³/mol. The maximum Gasteiger partial charge on any atom is 0.321 e. The maximum atomic E-state index is 13.9. The van der Waals surface area contributed by atoms with Gasteiger partial charge in [-0.25, -0.2) is 4.39 Å². The molecule has 4 rings (SSSR count). The molecule has 0 aromatic heterocycles. The fourth-order valence-electron chi connectivity index (χ4n) is 4.84. The van der Waals surface area contributed by atoms with Crippen molar-refractivity contribution in [3.63, 3.8) is 0 Å². The molecule has 6 nitrogen and oxygen atoms in total. The first-order valence-corrected chi connectivity index (χ1v) is 10.0. The molecule has 2 heterocycles. The van der Waals surface area contributed by atoms with Crippen LogP contribution < -0.4 is 4.90 Å². The number of carboxylic acid groups (broad SMARTS) is 1. The van der Waals surface area contributed by atoms with E-state index in [9.17, 15) is 19.1 Å². The maximum absolute atomic E-state index is 13.9. The second-order valence-corrected chi connectivity index (χ2v) is 8.13. The first-order valence-electron chi connectivity index (χ1n) is 10.0. The molecule has 7 heteroatoms. The van der Waals surface area contributed by atoms with Crippen LogP contribution in [0.1, 0.15) is 25.3 Å². The lowest BCUT2D eigenvalue weighted by molar-refractivity contribution is -0.142. The van der Waals surface area contributed by atoms with E-state index in [-0.39, 0.29) is 11.8 Å². The number of aliphatic carboxylic acids is 1. The highest BCUT2D eigenvalue weighted by atomic mass is 19.1. The SMILES string of the molecule is C[C@H]1C[C@]2(CCN1Cc1ccccc1)C(=N)C(C(=O)O)C(=O)N2c1cccc(F)c1. The second kappa shape index (κ2) is 7.65. The lowest BCUT2D eigenvalue weighted by Crippen LogP contribution is -2.59. The number of nitrogens with one attached hydrogen (secondary N) is 1. The number of nitrogens with zero attached hydrogens (tertiary/aromatic N) is 2. The Labute approximate surface area is 174 Å². The Balaban J connectivity index is 1.68. The highest BCUT2D eigenvalue weighted by Gasteiger charge is 2.60. The molecule has 0 bridgehead atoms. The van der Waals surface area contributed by atoms with Gasteiger partial charge in [-0.1, -0.05) is 36.4 Å². The van der Waals surface area contributed by atoms with E-state index in [1.807, 2.05) is 25.1 Å². The molecule has 30 heavy (non-hydrogen) atoms. The molecular weight excluding hydrogens is 385 g/mol. The Morgan fingerprint density at radius 3 is 2.60 bits per heavy atom. The molecule has 0 aliphatic carbocycles. The molecule has 3 atom stereocenters. The van der Waals surface area contributed by atoms with E-state index >= 15 is 0 Å². The molecule has 1 spiro atoms. The third-order valence-electron chi connectivity index (χ3n) is 6.30. The number of hydrogen-bond donors (Lipinski definition) is 2. The number of carbonyl (C=O) groups excluding carboxylic acids is 1. The molecule has 2 saturated heterocycles. The van der Waals surface area contributed by atoms with Gasteiger partial charge in [-0.05, 0) is 43.5 Å². The molecular formula is C23H24FN3O3. The summed E-state index contributed by atoms with van der Waals surface area (Å²) in [5, 5.41) is 18.3. The monoisotopic (exact) mass is 409 g/mol. The summed E-state index contributed by atoms with van der Waals surface area (Å²) in [6.07, 6.45) is 0.847. The average molecular weight is 409 g/mol. The van der Waals surface area contributed by atoms with Crippen molar-refractivity contribution in [3.8, 4) is 0 Å². The normalized spacial score (nSPS) is 27.1. The Morgan fingerprint density at radius 1 is 1.23 bits per heavy atom. The molecule has 1 unspecified atom stereocenters. The van der Waals surface area contributed by atoms with E-state index < -0.39 is 29.2 Å². The smallest absolute Gasteiger partial charge is 0.321 e. The van der Waals surface area contributed by atoms with Crippen LogP contribution in [0.4, 0.5) is 10.1 Å². The quantitative estimate of drug-likeness (QED) is 0.759. The van der Waals surface area contributed by atoms with Crippen LogP contribution in [-0.2, 0) is 16.1 Å². The fraction of sp³-hybridized carbons (Fsp3) is 0.348. The molecule has 156 valence electrons. The number of anilines is 1. The number of rotatable bonds is 4. The highest BCUT2D eigenvalue weighted by Crippen LogP contribution is 2.44. The highest BCUT2D eigenvalue weighted by molar-refractivity contribution is 6.31. The second-order valence-electron chi connectivity index (χ2n) is 8.13. The van der Waals surface area contributed by atoms with E-state index in [2.05, 4.69) is 17.0 Å². The molecule has 1 amide bonds. The number of likely N-dealkylation sites (tertiary alicyclic amines) is 1. The zero-order chi connectivity index (χ0) is 21.5. The summed E-state index contributed by atoms with van der Waals surface area (Å²) in [5.41, 5.74) is 0.316. The van der Waals surface area contributed by atoms with E-state index in [0.717, 1.165) is 6.54 Å². The third-order valence-corrected chi connectivity index (χ3v) is 6.30. The van der Waals surface area contributed by atoms with Crippen LogP contribution in [0.2, 0.25) is 0 Å². The van der Waals surface area contributed by atoms with Gasteiger partial charge in [0, 0.05) is 24.8 Å². The Hall–Kier alpha value is -3.06. The summed E-state index contributed by atoms with van der Waals surface area (Å²) < 4.78 is 13.9. The van der Waals surface area contributed by atoms with Gasteiger partial charge in [-0.3, -0.25) is 19.4 Å². The first kappa shape index (κ1) is 20.2. The summed E-state index contributed by atoms with van der Waals surface area (Å²) in [6, 6.07) is 15.7. The van der Waals surface area contributed by atoms with Crippen LogP contribution in [0, 0.1) is 17.1 Å². The lowest BCUT2D eigenvalue weighted by atomic mass is 9.77. The number of halogens is 1. The van der Waals surface area contributed by atoms with Crippen molar-refractivity contribution >= 4 is 23.3 Å². The van der Waals surface area contributed by atoms with Crippen molar-refractivity contribution < 1.29 is 19.1 Å². The van der Waals surface area contributed by atoms with E-state index in [1.165, 1.54) is 28.7 Å². The summed E-state index contributed by atoms with van der Waals surface area (Å²) in [6.45, 7) is 3.37. The number of amides is 1. The minimum atomic E-state index is -1.53. The van der Waals surface area contributed by atoms with Gasteiger partial charge in [0.2, 0.25) is 5.91 Å². The van der Waals surface area contributed by atoms with Crippen LogP contribution >= 0.6 is 0 Å². The van der Waals surface area contributed by atoms with Crippen LogP contribution in [0.15, 0.2) is 54.6 Å². The molecule has 2 aliphatic heterocycles. The number of piperidine rings is 1. The van der Waals surface area contributed by atoms with E-state index in [0.29, 0.717) is 25.1 Å². The number of carbonyl (C=O) groups is 2. The van der Waals surface area contributed by atoms with Crippen molar-refractivity contribution in [2.24, 2.45) is 5.92 Å². The molecule has 0 radical (unpaired) electrons. The van der Waals surface area contributed by atoms with Crippen molar-refractivity contribution in [1.29, 1.82) is 5.41 Å². The van der Waals surface area contributed by atoms with Crippen molar-refractivity contribution in [2.45, 2.75) is 37.9 Å². The van der Waals surface area contributed by atoms with Crippen molar-refractivity contribution in [1.82, 2.24) is 4.90 Å². The van der Waals surface area contributed by atoms with Crippen LogP contribution in [0.3, 0.4) is 0 Å². The minimum Gasteiger partial charge on any atom is -0.480 e. The number of benzene rings is 2. The summed E-state index contributed by atoms with van der Waals surface area (Å²) in [7, 11) is 0. The zero-order valence-corrected chi connectivity index (χ0v) is 16.7. The molecule has 0 saturated carbocycles. The summed E-state index contributed by atoms with van der Waals surface area (Å²) >= 11 is 0. The van der Waals surface area contributed by atoms with Gasteiger partial charge in [0.1, 0.15) is 5.82 Å². The third kappa shape index (κ3) is 3.29. The molecule has 2 aliphatic rings. The van der Waals surface area contributed by atoms with Gasteiger partial charge in [0.05, 0.1) is 11.3 Å². The van der Waals surface area contributed by atoms with Gasteiger partial charge in [-0.2, -0.15) is 0 Å². The van der Waals surface area contributed by atoms with Crippen LogP contribution in [0.25, 0.3) is 0 Å². The fourth-order valence-corrected chi connectivity index (χ4v) is 4.84. The zero-order valence-electron chi connectivity index (χ0n) is 16.7. The van der Waals surface area contributed by atoms with Crippen LogP contribution in [-0.4, -0.2) is 45.7 Å². The van der Waals surface area contributed by atoms with Gasteiger partial charge < -0.3 is 10.5 Å². The molecule has 2 aromatic carbocycles. The Bertz CT molecular complexity index is 996. The van der Waals surface area contributed by atoms with Gasteiger partial charge in [0.15, 0.2) is 5.92 Å². The van der Waals surface area contributed by atoms with Crippen molar-refractivity contribution in [2.75, 3.05) is 11.4 Å². The average Bonchev–Trinajstić information content (AvgIpc) is 2.91. The van der Waals surface area contributed by atoms with E-state index in [4.69, 9.17) is 5.41 Å². The molecule has 2 fully saturated rings.